The molecule has 5 nitrogen and oxygen atoms in total. The van der Waals surface area contributed by atoms with Gasteiger partial charge in [-0.1, -0.05) is 48.9 Å². The van der Waals surface area contributed by atoms with Crippen LogP contribution in [0.2, 0.25) is 5.02 Å². The standard InChI is InChI=1S/C20H21ClN2O3/c1-2-22-11-12-23-20(24)19-15(14-7-3-5-9-17(14)26-19)13-25-18-10-6-4-8-16(18)21/h3-10,22H,2,11-13H2,1H3,(H,23,24). The Balaban J connectivity index is 1.82. The van der Waals surface area contributed by atoms with Crippen LogP contribution in [0.1, 0.15) is 23.0 Å². The van der Waals surface area contributed by atoms with Gasteiger partial charge in [0.2, 0.25) is 0 Å². The van der Waals surface area contributed by atoms with Crippen LogP contribution >= 0.6 is 11.6 Å². The van der Waals surface area contributed by atoms with Crippen molar-refractivity contribution in [2.75, 3.05) is 19.6 Å². The number of para-hydroxylation sites is 2. The van der Waals surface area contributed by atoms with Gasteiger partial charge < -0.3 is 19.8 Å². The Labute approximate surface area is 157 Å². The van der Waals surface area contributed by atoms with Crippen LogP contribution < -0.4 is 15.4 Å². The highest BCUT2D eigenvalue weighted by atomic mass is 35.5. The third-order valence-corrected chi connectivity index (χ3v) is 4.26. The Morgan fingerprint density at radius 2 is 1.88 bits per heavy atom. The van der Waals surface area contributed by atoms with E-state index in [2.05, 4.69) is 10.6 Å². The summed E-state index contributed by atoms with van der Waals surface area (Å²) in [5.41, 5.74) is 1.36. The van der Waals surface area contributed by atoms with Crippen LogP contribution in [0, 0.1) is 0 Å². The fourth-order valence-electron chi connectivity index (χ4n) is 2.66. The van der Waals surface area contributed by atoms with Gasteiger partial charge in [-0.3, -0.25) is 4.79 Å². The number of hydrogen-bond donors (Lipinski definition) is 2. The second-order valence-corrected chi connectivity index (χ2v) is 6.14. The van der Waals surface area contributed by atoms with Crippen LogP contribution in [-0.4, -0.2) is 25.5 Å². The number of likely N-dealkylation sites (N-methyl/N-ethyl adjacent to an activating group) is 1. The molecule has 1 heterocycles. The maximum atomic E-state index is 12.6. The van der Waals surface area contributed by atoms with Crippen molar-refractivity contribution in [3.63, 3.8) is 0 Å². The number of rotatable bonds is 8. The fraction of sp³-hybridized carbons (Fsp3) is 0.250. The highest BCUT2D eigenvalue weighted by Crippen LogP contribution is 2.29. The van der Waals surface area contributed by atoms with Gasteiger partial charge in [0.25, 0.3) is 5.91 Å². The SMILES string of the molecule is CCNCCNC(=O)c1oc2ccccc2c1COc1ccccc1Cl. The molecule has 6 heteroatoms. The normalized spacial score (nSPS) is 10.8. The molecule has 1 amide bonds. The molecular formula is C20H21ClN2O3. The number of furan rings is 1. The fourth-order valence-corrected chi connectivity index (χ4v) is 2.85. The first-order valence-electron chi connectivity index (χ1n) is 8.57. The first-order chi connectivity index (χ1) is 12.7. The lowest BCUT2D eigenvalue weighted by atomic mass is 10.1. The Kier molecular flexibility index (Phi) is 6.15. The van der Waals surface area contributed by atoms with Gasteiger partial charge in [0.1, 0.15) is 17.9 Å². The zero-order chi connectivity index (χ0) is 18.4. The van der Waals surface area contributed by atoms with E-state index in [-0.39, 0.29) is 18.3 Å². The van der Waals surface area contributed by atoms with Gasteiger partial charge in [-0.25, -0.2) is 0 Å². The summed E-state index contributed by atoms with van der Waals surface area (Å²) in [5.74, 6) is 0.588. The summed E-state index contributed by atoms with van der Waals surface area (Å²) < 4.78 is 11.6. The van der Waals surface area contributed by atoms with E-state index >= 15 is 0 Å². The van der Waals surface area contributed by atoms with Crippen molar-refractivity contribution in [1.82, 2.24) is 10.6 Å². The van der Waals surface area contributed by atoms with Crippen molar-refractivity contribution in [2.24, 2.45) is 0 Å². The lowest BCUT2D eigenvalue weighted by Gasteiger charge is -2.09. The van der Waals surface area contributed by atoms with Crippen molar-refractivity contribution in [2.45, 2.75) is 13.5 Å². The second kappa shape index (κ2) is 8.74. The third kappa shape index (κ3) is 4.18. The molecular weight excluding hydrogens is 352 g/mol. The van der Waals surface area contributed by atoms with Crippen molar-refractivity contribution in [3.05, 3.63) is 64.9 Å². The van der Waals surface area contributed by atoms with E-state index in [1.165, 1.54) is 0 Å². The van der Waals surface area contributed by atoms with Crippen LogP contribution in [0.15, 0.2) is 52.9 Å². The molecule has 0 fully saturated rings. The number of ether oxygens (including phenoxy) is 1. The number of hydrogen-bond acceptors (Lipinski definition) is 4. The van der Waals surface area contributed by atoms with Crippen molar-refractivity contribution < 1.29 is 13.9 Å². The topological polar surface area (TPSA) is 63.5 Å². The molecule has 2 N–H and O–H groups in total. The van der Waals surface area contributed by atoms with Gasteiger partial charge >= 0.3 is 0 Å². The maximum Gasteiger partial charge on any atom is 0.287 e. The number of fused-ring (bicyclic) bond motifs is 1. The van der Waals surface area contributed by atoms with Gasteiger partial charge in [0.15, 0.2) is 5.76 Å². The summed E-state index contributed by atoms with van der Waals surface area (Å²) in [5, 5.41) is 7.42. The zero-order valence-corrected chi connectivity index (χ0v) is 15.3. The molecule has 0 saturated heterocycles. The summed E-state index contributed by atoms with van der Waals surface area (Å²) in [4.78, 5) is 12.6. The highest BCUT2D eigenvalue weighted by Gasteiger charge is 2.21. The van der Waals surface area contributed by atoms with E-state index < -0.39 is 0 Å². The molecule has 1 aromatic heterocycles. The van der Waals surface area contributed by atoms with Crippen LogP contribution in [-0.2, 0) is 6.61 Å². The zero-order valence-electron chi connectivity index (χ0n) is 14.5. The average Bonchev–Trinajstić information content (AvgIpc) is 3.03. The molecule has 26 heavy (non-hydrogen) atoms. The van der Waals surface area contributed by atoms with Crippen LogP contribution in [0.4, 0.5) is 0 Å². The van der Waals surface area contributed by atoms with Crippen molar-refractivity contribution in [1.29, 1.82) is 0 Å². The van der Waals surface area contributed by atoms with Gasteiger partial charge in [-0.2, -0.15) is 0 Å². The first kappa shape index (κ1) is 18.3. The minimum absolute atomic E-state index is 0.191. The predicted molar refractivity (Wildman–Crippen MR) is 103 cm³/mol. The lowest BCUT2D eigenvalue weighted by Crippen LogP contribution is -2.32. The minimum Gasteiger partial charge on any atom is -0.487 e. The molecule has 0 aliphatic heterocycles. The molecule has 0 atom stereocenters. The van der Waals surface area contributed by atoms with Crippen LogP contribution in [0.3, 0.4) is 0 Å². The number of benzene rings is 2. The largest absolute Gasteiger partial charge is 0.487 e. The smallest absolute Gasteiger partial charge is 0.287 e. The predicted octanol–water partition coefficient (Wildman–Crippen LogP) is 4.00. The number of nitrogens with one attached hydrogen (secondary N) is 2. The number of amides is 1. The summed E-state index contributed by atoms with van der Waals surface area (Å²) in [7, 11) is 0. The molecule has 3 aromatic rings. The average molecular weight is 373 g/mol. The third-order valence-electron chi connectivity index (χ3n) is 3.95. The van der Waals surface area contributed by atoms with E-state index in [9.17, 15) is 4.79 Å². The number of carbonyl (C=O) groups excluding carboxylic acids is 1. The van der Waals surface area contributed by atoms with E-state index in [4.69, 9.17) is 20.8 Å². The molecule has 0 unspecified atom stereocenters. The van der Waals surface area contributed by atoms with Crippen molar-refractivity contribution in [3.8, 4) is 5.75 Å². The Morgan fingerprint density at radius 1 is 1.12 bits per heavy atom. The van der Waals surface area contributed by atoms with E-state index in [1.807, 2.05) is 43.3 Å². The second-order valence-electron chi connectivity index (χ2n) is 5.73. The molecule has 0 aliphatic carbocycles. The molecule has 0 radical (unpaired) electrons. The highest BCUT2D eigenvalue weighted by molar-refractivity contribution is 6.32. The molecule has 2 aromatic carbocycles. The first-order valence-corrected chi connectivity index (χ1v) is 8.95. The van der Waals surface area contributed by atoms with Crippen molar-refractivity contribution >= 4 is 28.5 Å². The minimum atomic E-state index is -0.253. The van der Waals surface area contributed by atoms with Crippen LogP contribution in [0.5, 0.6) is 5.75 Å². The molecule has 136 valence electrons. The van der Waals surface area contributed by atoms with E-state index in [1.54, 1.807) is 12.1 Å². The summed E-state index contributed by atoms with van der Waals surface area (Å²) >= 11 is 6.15. The van der Waals surface area contributed by atoms with Gasteiger partial charge in [-0.15, -0.1) is 0 Å². The summed E-state index contributed by atoms with van der Waals surface area (Å²) in [6.45, 7) is 4.29. The van der Waals surface area contributed by atoms with Gasteiger partial charge in [-0.05, 0) is 24.7 Å². The molecule has 0 spiro atoms. The Bertz CT molecular complexity index is 892. The van der Waals surface area contributed by atoms with Gasteiger partial charge in [0, 0.05) is 24.0 Å². The number of carbonyl (C=O) groups is 1. The monoisotopic (exact) mass is 372 g/mol. The molecule has 0 bridgehead atoms. The summed E-state index contributed by atoms with van der Waals surface area (Å²) in [6, 6.07) is 14.8. The molecule has 0 aliphatic rings. The quantitative estimate of drug-likeness (QED) is 0.586. The van der Waals surface area contributed by atoms with E-state index in [0.29, 0.717) is 35.0 Å². The lowest BCUT2D eigenvalue weighted by molar-refractivity contribution is 0.0925. The molecule has 0 saturated carbocycles. The summed E-state index contributed by atoms with van der Waals surface area (Å²) in [6.07, 6.45) is 0. The van der Waals surface area contributed by atoms with E-state index in [0.717, 1.165) is 11.9 Å². The Morgan fingerprint density at radius 3 is 2.69 bits per heavy atom. The maximum absolute atomic E-state index is 12.6. The molecule has 3 rings (SSSR count). The van der Waals surface area contributed by atoms with Crippen LogP contribution in [0.25, 0.3) is 11.0 Å². The number of halogens is 1. The Hall–Kier alpha value is -2.50. The van der Waals surface area contributed by atoms with Gasteiger partial charge in [0.05, 0.1) is 5.02 Å².